The van der Waals surface area contributed by atoms with E-state index in [9.17, 15) is 9.18 Å². The number of furan rings is 1. The average Bonchev–Trinajstić information content (AvgIpc) is 2.95. The van der Waals surface area contributed by atoms with Crippen LogP contribution in [0.4, 0.5) is 4.39 Å². The molecule has 23 heavy (non-hydrogen) atoms. The maximum Gasteiger partial charge on any atom is 0.255 e. The third-order valence-electron chi connectivity index (χ3n) is 3.88. The van der Waals surface area contributed by atoms with Gasteiger partial charge in [0.05, 0.1) is 5.56 Å². The lowest BCUT2D eigenvalue weighted by atomic mass is 9.99. The number of benzene rings is 2. The molecule has 3 nitrogen and oxygen atoms in total. The van der Waals surface area contributed by atoms with Crippen LogP contribution in [0.1, 0.15) is 29.3 Å². The van der Waals surface area contributed by atoms with Crippen LogP contribution >= 0.6 is 0 Å². The second-order valence-electron chi connectivity index (χ2n) is 5.43. The standard InChI is InChI=1S/C19H18FNO2/c1-3-5-12-6-4-7-15-16(12)17(19(22)21-2)18(23-15)13-8-10-14(20)11-9-13/h4,6-11H,3,5H2,1-2H3,(H,21,22). The predicted molar refractivity (Wildman–Crippen MR) is 89.0 cm³/mol. The van der Waals surface area contributed by atoms with Crippen LogP contribution in [0.5, 0.6) is 0 Å². The number of hydrogen-bond donors (Lipinski definition) is 1. The normalized spacial score (nSPS) is 10.9. The molecule has 3 aromatic rings. The lowest BCUT2D eigenvalue weighted by molar-refractivity contribution is 0.0964. The van der Waals surface area contributed by atoms with E-state index in [1.165, 1.54) is 12.1 Å². The van der Waals surface area contributed by atoms with Gasteiger partial charge in [-0.3, -0.25) is 4.79 Å². The van der Waals surface area contributed by atoms with E-state index < -0.39 is 0 Å². The molecular formula is C19H18FNO2. The molecular weight excluding hydrogens is 293 g/mol. The number of rotatable bonds is 4. The van der Waals surface area contributed by atoms with Crippen LogP contribution in [0.25, 0.3) is 22.3 Å². The molecule has 0 bridgehead atoms. The highest BCUT2D eigenvalue weighted by atomic mass is 19.1. The molecule has 0 aliphatic rings. The molecule has 1 N–H and O–H groups in total. The number of carbonyl (C=O) groups excluding carboxylic acids is 1. The smallest absolute Gasteiger partial charge is 0.255 e. The van der Waals surface area contributed by atoms with E-state index in [1.54, 1.807) is 19.2 Å². The Balaban J connectivity index is 2.31. The van der Waals surface area contributed by atoms with Gasteiger partial charge in [-0.15, -0.1) is 0 Å². The van der Waals surface area contributed by atoms with Crippen molar-refractivity contribution in [3.05, 3.63) is 59.4 Å². The third kappa shape index (κ3) is 2.72. The van der Waals surface area contributed by atoms with E-state index in [0.717, 1.165) is 23.8 Å². The topological polar surface area (TPSA) is 42.2 Å². The Bertz CT molecular complexity index is 850. The highest BCUT2D eigenvalue weighted by Gasteiger charge is 2.23. The molecule has 0 radical (unpaired) electrons. The van der Waals surface area contributed by atoms with E-state index in [0.29, 0.717) is 22.5 Å². The van der Waals surface area contributed by atoms with Gasteiger partial charge in [-0.2, -0.15) is 0 Å². The number of carbonyl (C=O) groups is 1. The van der Waals surface area contributed by atoms with Crippen molar-refractivity contribution in [3.63, 3.8) is 0 Å². The van der Waals surface area contributed by atoms with Crippen LogP contribution in [-0.4, -0.2) is 13.0 Å². The Morgan fingerprint density at radius 2 is 1.91 bits per heavy atom. The van der Waals surface area contributed by atoms with Crippen molar-refractivity contribution >= 4 is 16.9 Å². The van der Waals surface area contributed by atoms with Gasteiger partial charge in [0.15, 0.2) is 0 Å². The monoisotopic (exact) mass is 311 g/mol. The molecule has 4 heteroatoms. The Morgan fingerprint density at radius 1 is 1.17 bits per heavy atom. The van der Waals surface area contributed by atoms with Crippen molar-refractivity contribution in [1.82, 2.24) is 5.32 Å². The molecule has 1 aromatic heterocycles. The Kier molecular flexibility index (Phi) is 4.15. The number of aryl methyl sites for hydroxylation is 1. The fraction of sp³-hybridized carbons (Fsp3) is 0.211. The van der Waals surface area contributed by atoms with Gasteiger partial charge in [-0.05, 0) is 42.3 Å². The summed E-state index contributed by atoms with van der Waals surface area (Å²) in [5.41, 5.74) is 2.95. The summed E-state index contributed by atoms with van der Waals surface area (Å²) in [5.74, 6) is -0.0486. The number of halogens is 1. The number of nitrogens with one attached hydrogen (secondary N) is 1. The lowest BCUT2D eigenvalue weighted by Gasteiger charge is -2.05. The summed E-state index contributed by atoms with van der Waals surface area (Å²) in [5, 5.41) is 3.52. The zero-order chi connectivity index (χ0) is 16.4. The number of hydrogen-bond acceptors (Lipinski definition) is 2. The van der Waals surface area contributed by atoms with E-state index >= 15 is 0 Å². The molecule has 0 aliphatic carbocycles. The Hall–Kier alpha value is -2.62. The molecule has 0 saturated heterocycles. The summed E-state index contributed by atoms with van der Waals surface area (Å²) in [7, 11) is 1.60. The summed E-state index contributed by atoms with van der Waals surface area (Å²) in [6, 6.07) is 11.8. The van der Waals surface area contributed by atoms with E-state index in [4.69, 9.17) is 4.42 Å². The molecule has 0 atom stereocenters. The predicted octanol–water partition coefficient (Wildman–Crippen LogP) is 4.55. The maximum absolute atomic E-state index is 13.2. The average molecular weight is 311 g/mol. The van der Waals surface area contributed by atoms with Crippen LogP contribution in [0.3, 0.4) is 0 Å². The van der Waals surface area contributed by atoms with Gasteiger partial charge in [-0.25, -0.2) is 4.39 Å². The van der Waals surface area contributed by atoms with Crippen molar-refractivity contribution in [2.24, 2.45) is 0 Å². The van der Waals surface area contributed by atoms with Crippen LogP contribution in [-0.2, 0) is 6.42 Å². The van der Waals surface area contributed by atoms with Crippen LogP contribution in [0, 0.1) is 5.82 Å². The number of fused-ring (bicyclic) bond motifs is 1. The molecule has 0 spiro atoms. The summed E-state index contributed by atoms with van der Waals surface area (Å²) < 4.78 is 19.1. The van der Waals surface area contributed by atoms with Gasteiger partial charge in [0.2, 0.25) is 0 Å². The Morgan fingerprint density at radius 3 is 2.57 bits per heavy atom. The van der Waals surface area contributed by atoms with Gasteiger partial charge in [0, 0.05) is 18.0 Å². The van der Waals surface area contributed by atoms with Crippen molar-refractivity contribution in [2.45, 2.75) is 19.8 Å². The largest absolute Gasteiger partial charge is 0.455 e. The lowest BCUT2D eigenvalue weighted by Crippen LogP contribution is -2.18. The minimum absolute atomic E-state index is 0.202. The van der Waals surface area contributed by atoms with Gasteiger partial charge in [-0.1, -0.05) is 25.5 Å². The highest BCUT2D eigenvalue weighted by molar-refractivity contribution is 6.12. The van der Waals surface area contributed by atoms with Crippen molar-refractivity contribution < 1.29 is 13.6 Å². The summed E-state index contributed by atoms with van der Waals surface area (Å²) in [4.78, 5) is 12.5. The molecule has 2 aromatic carbocycles. The van der Waals surface area contributed by atoms with Gasteiger partial charge >= 0.3 is 0 Å². The van der Waals surface area contributed by atoms with Gasteiger partial charge in [0.25, 0.3) is 5.91 Å². The van der Waals surface area contributed by atoms with E-state index in [1.807, 2.05) is 18.2 Å². The number of amides is 1. The minimum atomic E-state index is -0.321. The summed E-state index contributed by atoms with van der Waals surface area (Å²) in [6.45, 7) is 2.10. The molecule has 3 rings (SSSR count). The zero-order valence-corrected chi connectivity index (χ0v) is 13.2. The summed E-state index contributed by atoms with van der Waals surface area (Å²) >= 11 is 0. The minimum Gasteiger partial charge on any atom is -0.455 e. The van der Waals surface area contributed by atoms with Crippen LogP contribution in [0.15, 0.2) is 46.9 Å². The molecule has 0 aliphatic heterocycles. The maximum atomic E-state index is 13.2. The first kappa shape index (κ1) is 15.3. The quantitative estimate of drug-likeness (QED) is 0.768. The second kappa shape index (κ2) is 6.24. The first-order valence-electron chi connectivity index (χ1n) is 7.68. The third-order valence-corrected chi connectivity index (χ3v) is 3.88. The molecule has 1 heterocycles. The molecule has 0 saturated carbocycles. The van der Waals surface area contributed by atoms with Crippen molar-refractivity contribution in [3.8, 4) is 11.3 Å². The van der Waals surface area contributed by atoms with Crippen molar-refractivity contribution in [2.75, 3.05) is 7.05 Å². The zero-order valence-electron chi connectivity index (χ0n) is 13.2. The van der Waals surface area contributed by atoms with Gasteiger partial charge < -0.3 is 9.73 Å². The Labute approximate surface area is 134 Å². The van der Waals surface area contributed by atoms with E-state index in [2.05, 4.69) is 12.2 Å². The highest BCUT2D eigenvalue weighted by Crippen LogP contribution is 2.36. The van der Waals surface area contributed by atoms with Crippen LogP contribution in [0.2, 0.25) is 0 Å². The van der Waals surface area contributed by atoms with E-state index in [-0.39, 0.29) is 11.7 Å². The van der Waals surface area contributed by atoms with Crippen LogP contribution < -0.4 is 5.32 Å². The van der Waals surface area contributed by atoms with Crippen molar-refractivity contribution in [1.29, 1.82) is 0 Å². The first-order chi connectivity index (χ1) is 11.2. The fourth-order valence-corrected chi connectivity index (χ4v) is 2.84. The fourth-order valence-electron chi connectivity index (χ4n) is 2.84. The molecule has 118 valence electrons. The molecule has 1 amide bonds. The first-order valence-corrected chi connectivity index (χ1v) is 7.68. The van der Waals surface area contributed by atoms with Gasteiger partial charge in [0.1, 0.15) is 17.2 Å². The second-order valence-corrected chi connectivity index (χ2v) is 5.43. The summed E-state index contributed by atoms with van der Waals surface area (Å²) in [6.07, 6.45) is 1.84. The SMILES string of the molecule is CCCc1cccc2oc(-c3ccc(F)cc3)c(C(=O)NC)c12. The molecule has 0 unspecified atom stereocenters. The molecule has 0 fully saturated rings.